The monoisotopic (exact) mass is 407 g/mol. The van der Waals surface area contributed by atoms with Gasteiger partial charge >= 0.3 is 5.97 Å². The van der Waals surface area contributed by atoms with Crippen LogP contribution in [0.2, 0.25) is 0 Å². The molecule has 30 heavy (non-hydrogen) atoms. The maximum atomic E-state index is 14.6. The van der Waals surface area contributed by atoms with Gasteiger partial charge in [0.1, 0.15) is 12.4 Å². The Balaban J connectivity index is 1.70. The average molecular weight is 407 g/mol. The molecule has 0 saturated heterocycles. The fourth-order valence-corrected chi connectivity index (χ4v) is 5.14. The van der Waals surface area contributed by atoms with E-state index in [0.717, 1.165) is 22.1 Å². The molecular weight excluding hydrogens is 389 g/mol. The molecule has 0 saturated carbocycles. The van der Waals surface area contributed by atoms with Crippen molar-refractivity contribution in [3.63, 3.8) is 0 Å². The SMILES string of the molecule is Cc1c(F)cc2nc3c(c4c2c1CC[C@@H]4N)Cn1c-3cc2c(c1=O)COC(=O)C2O. The van der Waals surface area contributed by atoms with Gasteiger partial charge in [0.05, 0.1) is 29.0 Å². The third-order valence-corrected chi connectivity index (χ3v) is 6.69. The van der Waals surface area contributed by atoms with Crippen LogP contribution in [-0.4, -0.2) is 20.6 Å². The zero-order chi connectivity index (χ0) is 20.9. The van der Waals surface area contributed by atoms with Crippen molar-refractivity contribution in [1.29, 1.82) is 0 Å². The summed E-state index contributed by atoms with van der Waals surface area (Å²) in [6, 6.07) is 2.80. The number of aryl methyl sites for hydroxylation is 1. The molecular formula is C22H18FN3O4. The average Bonchev–Trinajstić information content (AvgIpc) is 3.09. The molecule has 1 unspecified atom stereocenters. The van der Waals surface area contributed by atoms with Crippen molar-refractivity contribution in [1.82, 2.24) is 9.55 Å². The number of aromatic nitrogens is 2. The number of esters is 1. The second kappa shape index (κ2) is 5.74. The van der Waals surface area contributed by atoms with Crippen LogP contribution in [0.25, 0.3) is 22.3 Å². The number of benzene rings is 1. The number of aliphatic hydroxyl groups excluding tert-OH is 1. The van der Waals surface area contributed by atoms with Crippen molar-refractivity contribution in [2.45, 2.75) is 45.1 Å². The topological polar surface area (TPSA) is 107 Å². The van der Waals surface area contributed by atoms with Crippen LogP contribution in [0.1, 0.15) is 51.9 Å². The van der Waals surface area contributed by atoms with Crippen molar-refractivity contribution in [3.8, 4) is 11.4 Å². The number of carbonyl (C=O) groups excluding carboxylic acids is 1. The number of pyridine rings is 2. The molecule has 2 aliphatic heterocycles. The molecule has 6 rings (SSSR count). The van der Waals surface area contributed by atoms with Gasteiger partial charge in [0.25, 0.3) is 5.56 Å². The van der Waals surface area contributed by atoms with E-state index in [4.69, 9.17) is 15.5 Å². The standard InChI is InChI=1S/C22H18FN3O4/c1-8-9-2-3-14(24)17-11-6-26-16(19(11)25-15(18(9)17)5-13(8)23)4-10-12(21(26)28)7-30-22(29)20(10)27/h4-5,14,20,27H,2-3,6-7,24H2,1H3/t14-,20?/m0/s1. The lowest BCUT2D eigenvalue weighted by Gasteiger charge is -2.26. The summed E-state index contributed by atoms with van der Waals surface area (Å²) in [5, 5.41) is 11.1. The largest absolute Gasteiger partial charge is 0.458 e. The molecule has 8 heteroatoms. The number of halogens is 1. The summed E-state index contributed by atoms with van der Waals surface area (Å²) in [5.41, 5.74) is 11.5. The first-order chi connectivity index (χ1) is 14.4. The van der Waals surface area contributed by atoms with Gasteiger partial charge in [-0.25, -0.2) is 14.2 Å². The number of nitrogens with two attached hydrogens (primary N) is 1. The Morgan fingerprint density at radius 2 is 2.07 bits per heavy atom. The van der Waals surface area contributed by atoms with Gasteiger partial charge in [0.15, 0.2) is 6.10 Å². The van der Waals surface area contributed by atoms with E-state index >= 15 is 0 Å². The van der Waals surface area contributed by atoms with Crippen LogP contribution >= 0.6 is 0 Å². The lowest BCUT2D eigenvalue weighted by molar-refractivity contribution is -0.157. The van der Waals surface area contributed by atoms with Crippen LogP contribution in [0.4, 0.5) is 4.39 Å². The first-order valence-electron chi connectivity index (χ1n) is 9.88. The smallest absolute Gasteiger partial charge is 0.340 e. The number of aliphatic hydroxyl groups is 1. The van der Waals surface area contributed by atoms with E-state index in [0.29, 0.717) is 41.9 Å². The molecule has 3 N–H and O–H groups in total. The summed E-state index contributed by atoms with van der Waals surface area (Å²) in [4.78, 5) is 29.6. The summed E-state index contributed by atoms with van der Waals surface area (Å²) >= 11 is 0. The van der Waals surface area contributed by atoms with Gasteiger partial charge in [-0.1, -0.05) is 0 Å². The number of fused-ring (bicyclic) bond motifs is 5. The van der Waals surface area contributed by atoms with Crippen LogP contribution in [0.5, 0.6) is 0 Å². The number of hydrogen-bond acceptors (Lipinski definition) is 6. The maximum absolute atomic E-state index is 14.6. The molecule has 2 aromatic heterocycles. The molecule has 7 nitrogen and oxygen atoms in total. The van der Waals surface area contributed by atoms with Crippen LogP contribution in [0, 0.1) is 12.7 Å². The Morgan fingerprint density at radius 3 is 2.87 bits per heavy atom. The minimum atomic E-state index is -1.51. The Kier molecular flexibility index (Phi) is 3.39. The first kappa shape index (κ1) is 17.7. The Bertz CT molecular complexity index is 1380. The molecule has 3 aliphatic rings. The summed E-state index contributed by atoms with van der Waals surface area (Å²) in [5.74, 6) is -1.10. The molecule has 0 radical (unpaired) electrons. The highest BCUT2D eigenvalue weighted by atomic mass is 19.1. The summed E-state index contributed by atoms with van der Waals surface area (Å²) in [7, 11) is 0. The Morgan fingerprint density at radius 1 is 1.27 bits per heavy atom. The molecule has 152 valence electrons. The van der Waals surface area contributed by atoms with Crippen LogP contribution in [0.15, 0.2) is 16.9 Å². The summed E-state index contributed by atoms with van der Waals surface area (Å²) < 4.78 is 21.1. The van der Waals surface area contributed by atoms with Crippen LogP contribution in [-0.2, 0) is 29.1 Å². The lowest BCUT2D eigenvalue weighted by Crippen LogP contribution is -2.32. The quantitative estimate of drug-likeness (QED) is 0.431. The fraction of sp³-hybridized carbons (Fsp3) is 0.318. The van der Waals surface area contributed by atoms with E-state index in [2.05, 4.69) is 0 Å². The van der Waals surface area contributed by atoms with Crippen LogP contribution in [0.3, 0.4) is 0 Å². The van der Waals surface area contributed by atoms with Gasteiger partial charge in [-0.15, -0.1) is 0 Å². The Labute approximate surface area is 169 Å². The van der Waals surface area contributed by atoms with Crippen LogP contribution < -0.4 is 11.3 Å². The number of ether oxygens (including phenoxy) is 1. The van der Waals surface area contributed by atoms with E-state index in [-0.39, 0.29) is 35.2 Å². The van der Waals surface area contributed by atoms with Gasteiger partial charge < -0.3 is 20.1 Å². The van der Waals surface area contributed by atoms with Gasteiger partial charge in [-0.05, 0) is 42.5 Å². The van der Waals surface area contributed by atoms with E-state index in [1.165, 1.54) is 6.07 Å². The fourth-order valence-electron chi connectivity index (χ4n) is 5.14. The van der Waals surface area contributed by atoms with Crippen molar-refractivity contribution in [3.05, 3.63) is 61.7 Å². The predicted octanol–water partition coefficient (Wildman–Crippen LogP) is 1.91. The van der Waals surface area contributed by atoms with Crippen molar-refractivity contribution < 1.29 is 19.0 Å². The molecule has 3 aromatic rings. The van der Waals surface area contributed by atoms with Gasteiger partial charge in [0.2, 0.25) is 0 Å². The number of nitrogens with zero attached hydrogens (tertiary/aromatic N) is 2. The third-order valence-electron chi connectivity index (χ3n) is 6.69. The number of hydrogen-bond donors (Lipinski definition) is 2. The third kappa shape index (κ3) is 2.07. The minimum Gasteiger partial charge on any atom is -0.458 e. The van der Waals surface area contributed by atoms with E-state index < -0.39 is 12.1 Å². The summed E-state index contributed by atoms with van der Waals surface area (Å²) in [6.45, 7) is 1.89. The maximum Gasteiger partial charge on any atom is 0.340 e. The molecule has 1 aromatic carbocycles. The Hall–Kier alpha value is -3.10. The molecule has 0 bridgehead atoms. The van der Waals surface area contributed by atoms with Crippen molar-refractivity contribution in [2.24, 2.45) is 5.73 Å². The van der Waals surface area contributed by atoms with E-state index in [1.807, 2.05) is 0 Å². The van der Waals surface area contributed by atoms with Gasteiger partial charge in [-0.2, -0.15) is 0 Å². The molecule has 0 spiro atoms. The molecule has 4 heterocycles. The molecule has 2 atom stereocenters. The molecule has 0 amide bonds. The normalized spacial score (nSPS) is 21.3. The number of carbonyl (C=O) groups is 1. The number of rotatable bonds is 0. The second-order valence-electron chi connectivity index (χ2n) is 8.22. The van der Waals surface area contributed by atoms with Crippen molar-refractivity contribution >= 4 is 16.9 Å². The highest BCUT2D eigenvalue weighted by molar-refractivity contribution is 5.93. The van der Waals surface area contributed by atoms with Gasteiger partial charge in [-0.3, -0.25) is 4.79 Å². The lowest BCUT2D eigenvalue weighted by atomic mass is 9.82. The minimum absolute atomic E-state index is 0.170. The van der Waals surface area contributed by atoms with Crippen molar-refractivity contribution in [2.75, 3.05) is 0 Å². The highest BCUT2D eigenvalue weighted by Gasteiger charge is 2.36. The summed E-state index contributed by atoms with van der Waals surface area (Å²) in [6.07, 6.45) is -0.142. The molecule has 0 fully saturated rings. The zero-order valence-corrected chi connectivity index (χ0v) is 16.2. The first-order valence-corrected chi connectivity index (χ1v) is 9.88. The predicted molar refractivity (Wildman–Crippen MR) is 105 cm³/mol. The zero-order valence-electron chi connectivity index (χ0n) is 16.2. The number of cyclic esters (lactones) is 1. The van der Waals surface area contributed by atoms with E-state index in [1.54, 1.807) is 17.6 Å². The van der Waals surface area contributed by atoms with E-state index in [9.17, 15) is 19.1 Å². The van der Waals surface area contributed by atoms with Gasteiger partial charge in [0, 0.05) is 28.6 Å². The second-order valence-corrected chi connectivity index (χ2v) is 8.22. The highest BCUT2D eigenvalue weighted by Crippen LogP contribution is 2.44. The molecule has 1 aliphatic carbocycles.